The van der Waals surface area contributed by atoms with Gasteiger partial charge in [0.1, 0.15) is 0 Å². The largest absolute Gasteiger partial charge is 0.381 e. The fourth-order valence-corrected chi connectivity index (χ4v) is 2.82. The number of nitrogens with one attached hydrogen (secondary N) is 2. The van der Waals surface area contributed by atoms with Crippen LogP contribution in [-0.2, 0) is 12.8 Å². The molecule has 0 aliphatic carbocycles. The molecule has 2 N–H and O–H groups in total. The first-order valence-electron chi connectivity index (χ1n) is 6.42. The fourth-order valence-electron chi connectivity index (χ4n) is 2.82. The van der Waals surface area contributed by atoms with Crippen molar-refractivity contribution in [2.45, 2.75) is 51.6 Å². The Kier molecular flexibility index (Phi) is 2.31. The zero-order valence-corrected chi connectivity index (χ0v) is 10.1. The summed E-state index contributed by atoms with van der Waals surface area (Å²) < 4.78 is 0. The van der Waals surface area contributed by atoms with E-state index in [1.807, 2.05) is 0 Å². The summed E-state index contributed by atoms with van der Waals surface area (Å²) >= 11 is 0. The topological polar surface area (TPSA) is 24.1 Å². The van der Waals surface area contributed by atoms with Gasteiger partial charge in [0.2, 0.25) is 0 Å². The van der Waals surface area contributed by atoms with Gasteiger partial charge in [0.05, 0.1) is 11.4 Å². The van der Waals surface area contributed by atoms with E-state index in [-0.39, 0.29) is 0 Å². The third-order valence-electron chi connectivity index (χ3n) is 3.85. The molecule has 1 aromatic carbocycles. The van der Waals surface area contributed by atoms with Gasteiger partial charge in [-0.25, -0.2) is 0 Å². The van der Waals surface area contributed by atoms with Gasteiger partial charge >= 0.3 is 0 Å². The van der Waals surface area contributed by atoms with Crippen LogP contribution in [0.1, 0.15) is 37.8 Å². The Balaban J connectivity index is 2.06. The van der Waals surface area contributed by atoms with Crippen molar-refractivity contribution in [1.29, 1.82) is 0 Å². The standard InChI is InChI=1S/C14H20N2/c1-9-3-5-11-7-8-12-6-4-10(2)16-14(12)13(11)15-9/h7-10,15-16H,3-6H2,1-2H3/t9-,10?/m1/s1. The molecule has 16 heavy (non-hydrogen) atoms. The zero-order chi connectivity index (χ0) is 11.1. The van der Waals surface area contributed by atoms with Crippen molar-refractivity contribution < 1.29 is 0 Å². The van der Waals surface area contributed by atoms with Crippen LogP contribution in [0.4, 0.5) is 11.4 Å². The molecule has 1 unspecified atom stereocenters. The maximum atomic E-state index is 3.65. The van der Waals surface area contributed by atoms with E-state index in [2.05, 4.69) is 36.6 Å². The van der Waals surface area contributed by atoms with E-state index < -0.39 is 0 Å². The molecule has 2 nitrogen and oxygen atoms in total. The smallest absolute Gasteiger partial charge is 0.0613 e. The van der Waals surface area contributed by atoms with E-state index in [1.165, 1.54) is 48.2 Å². The number of fused-ring (bicyclic) bond motifs is 3. The molecular formula is C14H20N2. The van der Waals surface area contributed by atoms with Crippen molar-refractivity contribution in [1.82, 2.24) is 0 Å². The lowest BCUT2D eigenvalue weighted by atomic mass is 9.91. The number of hydrogen-bond donors (Lipinski definition) is 2. The van der Waals surface area contributed by atoms with Gasteiger partial charge in [0.15, 0.2) is 0 Å². The van der Waals surface area contributed by atoms with Crippen LogP contribution in [-0.4, -0.2) is 12.1 Å². The highest BCUT2D eigenvalue weighted by Crippen LogP contribution is 2.38. The summed E-state index contributed by atoms with van der Waals surface area (Å²) in [7, 11) is 0. The van der Waals surface area contributed by atoms with Crippen LogP contribution in [0.5, 0.6) is 0 Å². The van der Waals surface area contributed by atoms with Crippen molar-refractivity contribution in [3.63, 3.8) is 0 Å². The first-order valence-corrected chi connectivity index (χ1v) is 6.42. The molecule has 0 amide bonds. The van der Waals surface area contributed by atoms with Crippen LogP contribution in [0, 0.1) is 0 Å². The second-order valence-corrected chi connectivity index (χ2v) is 5.30. The summed E-state index contributed by atoms with van der Waals surface area (Å²) in [4.78, 5) is 0. The summed E-state index contributed by atoms with van der Waals surface area (Å²) in [6.07, 6.45) is 4.93. The Labute approximate surface area is 97.4 Å². The molecule has 1 aromatic rings. The van der Waals surface area contributed by atoms with Crippen LogP contribution in [0.15, 0.2) is 12.1 Å². The second kappa shape index (κ2) is 3.69. The molecule has 2 heterocycles. The van der Waals surface area contributed by atoms with Crippen molar-refractivity contribution in [2.24, 2.45) is 0 Å². The van der Waals surface area contributed by atoms with Crippen LogP contribution < -0.4 is 10.6 Å². The van der Waals surface area contributed by atoms with Crippen LogP contribution >= 0.6 is 0 Å². The summed E-state index contributed by atoms with van der Waals surface area (Å²) in [6, 6.07) is 5.84. The SMILES string of the molecule is CC1CCc2ccc3c(c2N1)N[C@H](C)CC3. The molecule has 2 heteroatoms. The highest BCUT2D eigenvalue weighted by molar-refractivity contribution is 5.78. The Morgan fingerprint density at radius 1 is 0.875 bits per heavy atom. The van der Waals surface area contributed by atoms with Crippen molar-refractivity contribution in [3.05, 3.63) is 23.3 Å². The molecule has 86 valence electrons. The molecule has 0 bridgehead atoms. The van der Waals surface area contributed by atoms with E-state index in [0.29, 0.717) is 12.1 Å². The summed E-state index contributed by atoms with van der Waals surface area (Å²) in [5.74, 6) is 0. The fraction of sp³-hybridized carbons (Fsp3) is 0.571. The van der Waals surface area contributed by atoms with Gasteiger partial charge in [-0.05, 0) is 50.7 Å². The number of aryl methyl sites for hydroxylation is 2. The normalized spacial score (nSPS) is 27.4. The van der Waals surface area contributed by atoms with E-state index in [1.54, 1.807) is 0 Å². The first kappa shape index (κ1) is 10.0. The Bertz CT molecular complexity index is 372. The third kappa shape index (κ3) is 1.57. The predicted molar refractivity (Wildman–Crippen MR) is 69.3 cm³/mol. The molecule has 3 rings (SSSR count). The van der Waals surface area contributed by atoms with Crippen molar-refractivity contribution in [2.75, 3.05) is 10.6 Å². The third-order valence-corrected chi connectivity index (χ3v) is 3.85. The average molecular weight is 216 g/mol. The van der Waals surface area contributed by atoms with E-state index >= 15 is 0 Å². The van der Waals surface area contributed by atoms with Gasteiger partial charge in [0.25, 0.3) is 0 Å². The summed E-state index contributed by atoms with van der Waals surface area (Å²) in [5.41, 5.74) is 5.72. The molecule has 0 spiro atoms. The second-order valence-electron chi connectivity index (χ2n) is 5.30. The maximum Gasteiger partial charge on any atom is 0.0613 e. The highest BCUT2D eigenvalue weighted by atomic mass is 15.0. The Hall–Kier alpha value is -1.18. The van der Waals surface area contributed by atoms with Gasteiger partial charge in [-0.2, -0.15) is 0 Å². The Morgan fingerprint density at radius 3 is 1.75 bits per heavy atom. The van der Waals surface area contributed by atoms with E-state index in [9.17, 15) is 0 Å². The molecule has 2 aliphatic rings. The predicted octanol–water partition coefficient (Wildman–Crippen LogP) is 3.18. The first-order chi connectivity index (χ1) is 7.74. The average Bonchev–Trinajstić information content (AvgIpc) is 2.29. The van der Waals surface area contributed by atoms with Gasteiger partial charge in [-0.15, -0.1) is 0 Å². The van der Waals surface area contributed by atoms with Crippen LogP contribution in [0.25, 0.3) is 0 Å². The minimum Gasteiger partial charge on any atom is -0.381 e. The quantitative estimate of drug-likeness (QED) is 0.696. The monoisotopic (exact) mass is 216 g/mol. The molecule has 2 atom stereocenters. The lowest BCUT2D eigenvalue weighted by Gasteiger charge is -2.32. The van der Waals surface area contributed by atoms with Crippen molar-refractivity contribution in [3.8, 4) is 0 Å². The Morgan fingerprint density at radius 2 is 1.31 bits per heavy atom. The molecule has 0 saturated heterocycles. The molecule has 0 radical (unpaired) electrons. The number of anilines is 2. The highest BCUT2D eigenvalue weighted by Gasteiger charge is 2.23. The van der Waals surface area contributed by atoms with Gasteiger partial charge in [0, 0.05) is 12.1 Å². The number of rotatable bonds is 0. The van der Waals surface area contributed by atoms with Gasteiger partial charge < -0.3 is 10.6 Å². The maximum absolute atomic E-state index is 3.65. The molecule has 2 aliphatic heterocycles. The zero-order valence-electron chi connectivity index (χ0n) is 10.1. The van der Waals surface area contributed by atoms with Crippen LogP contribution in [0.2, 0.25) is 0 Å². The lowest BCUT2D eigenvalue weighted by molar-refractivity contribution is 0.662. The van der Waals surface area contributed by atoms with Crippen molar-refractivity contribution >= 4 is 11.4 Å². The number of benzene rings is 1. The molecule has 0 fully saturated rings. The van der Waals surface area contributed by atoms with Gasteiger partial charge in [-0.1, -0.05) is 12.1 Å². The summed E-state index contributed by atoms with van der Waals surface area (Å²) in [6.45, 7) is 4.54. The minimum absolute atomic E-state index is 0.609. The lowest BCUT2D eigenvalue weighted by Crippen LogP contribution is -2.27. The van der Waals surface area contributed by atoms with E-state index in [4.69, 9.17) is 0 Å². The van der Waals surface area contributed by atoms with E-state index in [0.717, 1.165) is 0 Å². The summed E-state index contributed by atoms with van der Waals surface area (Å²) in [5, 5.41) is 7.29. The number of hydrogen-bond acceptors (Lipinski definition) is 2. The molecule has 0 saturated carbocycles. The van der Waals surface area contributed by atoms with Gasteiger partial charge in [-0.3, -0.25) is 0 Å². The minimum atomic E-state index is 0.609. The molecule has 0 aromatic heterocycles. The molecular weight excluding hydrogens is 196 g/mol. The van der Waals surface area contributed by atoms with Crippen LogP contribution in [0.3, 0.4) is 0 Å².